The number of para-hydroxylation sites is 1. The highest BCUT2D eigenvalue weighted by molar-refractivity contribution is 7.91. The van der Waals surface area contributed by atoms with Gasteiger partial charge < -0.3 is 4.42 Å². The van der Waals surface area contributed by atoms with Crippen molar-refractivity contribution in [3.8, 4) is 11.6 Å². The molecule has 0 spiro atoms. The predicted octanol–water partition coefficient (Wildman–Crippen LogP) is 3.57. The van der Waals surface area contributed by atoms with E-state index in [9.17, 15) is 12.6 Å². The fraction of sp³-hybridized carbons (Fsp3) is 0.158. The summed E-state index contributed by atoms with van der Waals surface area (Å²) in [6, 6.07) is 14.0. The Kier molecular flexibility index (Phi) is 4.32. The zero-order valence-electron chi connectivity index (χ0n) is 14.7. The first kappa shape index (κ1) is 17.8. The van der Waals surface area contributed by atoms with Crippen LogP contribution in [0.25, 0.3) is 33.6 Å². The smallest absolute Gasteiger partial charge is 0.247 e. The van der Waals surface area contributed by atoms with Crippen molar-refractivity contribution in [1.29, 1.82) is 0 Å². The number of sulfone groups is 1. The van der Waals surface area contributed by atoms with Crippen LogP contribution in [0.15, 0.2) is 62.7 Å². The standard InChI is InChI=1S/C19H16N2O4S2/c1-3-27(23,24)17-10-12-6-4-5-7-14(12)20-18(17)19-21-15-11-13(26(2)22)8-9-16(15)25-19/h4-11H,3H2,1-2H3. The van der Waals surface area contributed by atoms with Crippen molar-refractivity contribution in [2.75, 3.05) is 12.0 Å². The zero-order valence-corrected chi connectivity index (χ0v) is 16.3. The molecule has 0 aliphatic rings. The maximum absolute atomic E-state index is 12.6. The molecule has 0 aliphatic carbocycles. The molecule has 0 aliphatic heterocycles. The molecule has 1 unspecified atom stereocenters. The third kappa shape index (κ3) is 3.15. The van der Waals surface area contributed by atoms with Crippen molar-refractivity contribution in [3.05, 3.63) is 48.5 Å². The van der Waals surface area contributed by atoms with Gasteiger partial charge in [-0.15, -0.1) is 0 Å². The Balaban J connectivity index is 2.01. The Morgan fingerprint density at radius 3 is 2.56 bits per heavy atom. The molecule has 0 fully saturated rings. The van der Waals surface area contributed by atoms with Crippen molar-refractivity contribution in [2.45, 2.75) is 16.7 Å². The van der Waals surface area contributed by atoms with Gasteiger partial charge in [-0.2, -0.15) is 0 Å². The predicted molar refractivity (Wildman–Crippen MR) is 105 cm³/mol. The highest BCUT2D eigenvalue weighted by atomic mass is 32.2. The van der Waals surface area contributed by atoms with Gasteiger partial charge in [-0.05, 0) is 30.3 Å². The number of fused-ring (bicyclic) bond motifs is 2. The second kappa shape index (κ2) is 6.54. The molecule has 2 aromatic carbocycles. The van der Waals surface area contributed by atoms with Crippen LogP contribution in [-0.2, 0) is 20.6 Å². The second-order valence-electron chi connectivity index (χ2n) is 6.03. The van der Waals surface area contributed by atoms with Gasteiger partial charge in [-0.25, -0.2) is 18.4 Å². The van der Waals surface area contributed by atoms with Crippen molar-refractivity contribution >= 4 is 42.6 Å². The van der Waals surface area contributed by atoms with E-state index in [1.807, 2.05) is 24.3 Å². The van der Waals surface area contributed by atoms with E-state index in [1.165, 1.54) is 0 Å². The molecule has 8 heteroatoms. The van der Waals surface area contributed by atoms with Gasteiger partial charge in [0.05, 0.1) is 16.2 Å². The van der Waals surface area contributed by atoms with Gasteiger partial charge in [0.15, 0.2) is 15.4 Å². The molecule has 1 atom stereocenters. The van der Waals surface area contributed by atoms with Gasteiger partial charge in [0.2, 0.25) is 5.89 Å². The summed E-state index contributed by atoms with van der Waals surface area (Å²) in [5.41, 5.74) is 1.83. The molecule has 0 saturated heterocycles. The van der Waals surface area contributed by atoms with Gasteiger partial charge in [0.1, 0.15) is 11.2 Å². The molecule has 6 nitrogen and oxygen atoms in total. The van der Waals surface area contributed by atoms with E-state index in [1.54, 1.807) is 37.4 Å². The number of rotatable bonds is 4. The summed E-state index contributed by atoms with van der Waals surface area (Å²) < 4.78 is 42.8. The highest BCUT2D eigenvalue weighted by Crippen LogP contribution is 2.31. The molecule has 0 N–H and O–H groups in total. The zero-order chi connectivity index (χ0) is 19.2. The van der Waals surface area contributed by atoms with Crippen LogP contribution in [0.5, 0.6) is 0 Å². The summed E-state index contributed by atoms with van der Waals surface area (Å²) >= 11 is 0. The first-order valence-corrected chi connectivity index (χ1v) is 11.5. The number of pyridine rings is 1. The van der Waals surface area contributed by atoms with Gasteiger partial charge in [-0.1, -0.05) is 25.1 Å². The van der Waals surface area contributed by atoms with E-state index in [0.717, 1.165) is 5.39 Å². The lowest BCUT2D eigenvalue weighted by atomic mass is 10.2. The Labute approximate surface area is 158 Å². The van der Waals surface area contributed by atoms with Crippen LogP contribution >= 0.6 is 0 Å². The average molecular weight is 400 g/mol. The molecule has 4 aromatic rings. The monoisotopic (exact) mass is 400 g/mol. The summed E-state index contributed by atoms with van der Waals surface area (Å²) in [6.07, 6.45) is 1.58. The van der Waals surface area contributed by atoms with Gasteiger partial charge in [-0.3, -0.25) is 4.21 Å². The van der Waals surface area contributed by atoms with Crippen LogP contribution in [0.1, 0.15) is 6.92 Å². The highest BCUT2D eigenvalue weighted by Gasteiger charge is 2.24. The van der Waals surface area contributed by atoms with Crippen LogP contribution in [0.4, 0.5) is 0 Å². The largest absolute Gasteiger partial charge is 0.435 e. The molecular weight excluding hydrogens is 384 g/mol. The molecule has 0 bridgehead atoms. The van der Waals surface area contributed by atoms with E-state index in [0.29, 0.717) is 21.5 Å². The summed E-state index contributed by atoms with van der Waals surface area (Å²) in [6.45, 7) is 1.59. The fourth-order valence-corrected chi connectivity index (χ4v) is 4.41. The van der Waals surface area contributed by atoms with E-state index < -0.39 is 20.6 Å². The summed E-state index contributed by atoms with van der Waals surface area (Å²) in [5, 5.41) is 0.730. The SMILES string of the molecule is CCS(=O)(=O)c1cc2ccccc2nc1-c1nc2cc(S(C)=O)ccc2o1. The molecule has 27 heavy (non-hydrogen) atoms. The number of hydrogen-bond acceptors (Lipinski definition) is 6. The van der Waals surface area contributed by atoms with Crippen molar-refractivity contribution in [1.82, 2.24) is 9.97 Å². The molecule has 4 rings (SSSR count). The van der Waals surface area contributed by atoms with Gasteiger partial charge in [0.25, 0.3) is 0 Å². The molecule has 2 aromatic heterocycles. The first-order chi connectivity index (χ1) is 12.9. The molecular formula is C19H16N2O4S2. The minimum atomic E-state index is -3.54. The first-order valence-electron chi connectivity index (χ1n) is 8.26. The molecule has 0 saturated carbocycles. The summed E-state index contributed by atoms with van der Waals surface area (Å²) in [4.78, 5) is 9.64. The Morgan fingerprint density at radius 1 is 1.04 bits per heavy atom. The average Bonchev–Trinajstić information content (AvgIpc) is 3.10. The number of benzene rings is 2. The lowest BCUT2D eigenvalue weighted by Gasteiger charge is -2.08. The van der Waals surface area contributed by atoms with Crippen LogP contribution in [0, 0.1) is 0 Å². The molecule has 0 amide bonds. The maximum atomic E-state index is 12.6. The van der Waals surface area contributed by atoms with Gasteiger partial charge >= 0.3 is 0 Å². The van der Waals surface area contributed by atoms with Crippen molar-refractivity contribution < 1.29 is 17.0 Å². The third-order valence-corrected chi connectivity index (χ3v) is 6.96. The van der Waals surface area contributed by atoms with Crippen LogP contribution < -0.4 is 0 Å². The number of nitrogens with zero attached hydrogens (tertiary/aromatic N) is 2. The maximum Gasteiger partial charge on any atom is 0.247 e. The number of oxazole rings is 1. The molecule has 138 valence electrons. The van der Waals surface area contributed by atoms with Crippen molar-refractivity contribution in [3.63, 3.8) is 0 Å². The van der Waals surface area contributed by atoms with Gasteiger partial charge in [0, 0.05) is 27.3 Å². The lowest BCUT2D eigenvalue weighted by molar-refractivity contribution is 0.592. The minimum absolute atomic E-state index is 0.0563. The molecule has 2 heterocycles. The quantitative estimate of drug-likeness (QED) is 0.520. The summed E-state index contributed by atoms with van der Waals surface area (Å²) in [5.74, 6) is 0.0703. The van der Waals surface area contributed by atoms with Crippen LogP contribution in [0.3, 0.4) is 0 Å². The van der Waals surface area contributed by atoms with E-state index in [2.05, 4.69) is 9.97 Å². The van der Waals surface area contributed by atoms with Crippen LogP contribution in [0.2, 0.25) is 0 Å². The number of hydrogen-bond donors (Lipinski definition) is 0. The van der Waals surface area contributed by atoms with E-state index >= 15 is 0 Å². The lowest BCUT2D eigenvalue weighted by Crippen LogP contribution is -2.07. The molecule has 0 radical (unpaired) electrons. The fourth-order valence-electron chi connectivity index (χ4n) is 2.83. The topological polar surface area (TPSA) is 90.1 Å². The Hall–Kier alpha value is -2.58. The Bertz CT molecular complexity index is 1310. The summed E-state index contributed by atoms with van der Waals surface area (Å²) in [7, 11) is -4.69. The van der Waals surface area contributed by atoms with Crippen molar-refractivity contribution in [2.24, 2.45) is 0 Å². The Morgan fingerprint density at radius 2 is 1.81 bits per heavy atom. The van der Waals surface area contributed by atoms with E-state index in [-0.39, 0.29) is 22.2 Å². The normalized spacial score (nSPS) is 13.3. The second-order valence-corrected chi connectivity index (χ2v) is 9.66. The number of aromatic nitrogens is 2. The van der Waals surface area contributed by atoms with Crippen LogP contribution in [-0.4, -0.2) is 34.6 Å². The minimum Gasteiger partial charge on any atom is -0.435 e. The third-order valence-electron chi connectivity index (χ3n) is 4.30. The van der Waals surface area contributed by atoms with E-state index in [4.69, 9.17) is 4.42 Å².